The molecule has 0 amide bonds. The largest absolute Gasteiger partial charge is 0.496 e. The molecule has 2 aromatic rings. The highest BCUT2D eigenvalue weighted by atomic mass is 16.5. The van der Waals surface area contributed by atoms with Crippen LogP contribution in [0.2, 0.25) is 0 Å². The van der Waals surface area contributed by atoms with Gasteiger partial charge in [-0.3, -0.25) is 0 Å². The van der Waals surface area contributed by atoms with E-state index in [1.807, 2.05) is 25.1 Å². The van der Waals surface area contributed by atoms with Crippen LogP contribution in [-0.2, 0) is 6.42 Å². The third-order valence-corrected chi connectivity index (χ3v) is 2.71. The van der Waals surface area contributed by atoms with E-state index in [0.29, 0.717) is 12.2 Å². The second-order valence-electron chi connectivity index (χ2n) is 4.16. The van der Waals surface area contributed by atoms with Gasteiger partial charge < -0.3 is 9.84 Å². The molecule has 1 aromatic heterocycles. The van der Waals surface area contributed by atoms with Crippen LogP contribution in [0.5, 0.6) is 5.75 Å². The van der Waals surface area contributed by atoms with E-state index >= 15 is 0 Å². The molecule has 0 aliphatic rings. The van der Waals surface area contributed by atoms with Crippen molar-refractivity contribution < 1.29 is 14.6 Å². The highest BCUT2D eigenvalue weighted by molar-refractivity contribution is 5.85. The SMILES string of the molecule is COc1ccc(C)cc1Cc1nccc(C(=O)O)n1. The number of carboxylic acid groups (broad SMARTS) is 1. The zero-order chi connectivity index (χ0) is 13.8. The van der Waals surface area contributed by atoms with Gasteiger partial charge in [-0.25, -0.2) is 14.8 Å². The van der Waals surface area contributed by atoms with E-state index in [9.17, 15) is 4.79 Å². The minimum atomic E-state index is -1.06. The van der Waals surface area contributed by atoms with Gasteiger partial charge in [0.1, 0.15) is 11.6 Å². The van der Waals surface area contributed by atoms with Crippen molar-refractivity contribution in [3.05, 3.63) is 53.1 Å². The Hall–Kier alpha value is -2.43. The lowest BCUT2D eigenvalue weighted by atomic mass is 10.1. The first kappa shape index (κ1) is 13.0. The number of ether oxygens (including phenoxy) is 1. The van der Waals surface area contributed by atoms with Crippen LogP contribution in [0.1, 0.15) is 27.4 Å². The summed E-state index contributed by atoms with van der Waals surface area (Å²) in [7, 11) is 1.60. The summed E-state index contributed by atoms with van der Waals surface area (Å²) in [6.45, 7) is 1.98. The molecule has 0 fully saturated rings. The first-order chi connectivity index (χ1) is 9.10. The summed E-state index contributed by atoms with van der Waals surface area (Å²) in [5.74, 6) is 0.151. The normalized spacial score (nSPS) is 10.2. The van der Waals surface area contributed by atoms with Gasteiger partial charge in [-0.1, -0.05) is 17.7 Å². The fraction of sp³-hybridized carbons (Fsp3) is 0.214. The molecule has 1 N–H and O–H groups in total. The molecular formula is C14H14N2O3. The molecule has 5 nitrogen and oxygen atoms in total. The Kier molecular flexibility index (Phi) is 3.75. The van der Waals surface area contributed by atoms with Crippen LogP contribution < -0.4 is 4.74 Å². The quantitative estimate of drug-likeness (QED) is 0.909. The molecule has 0 aliphatic heterocycles. The maximum Gasteiger partial charge on any atom is 0.354 e. The average Bonchev–Trinajstić information content (AvgIpc) is 2.39. The van der Waals surface area contributed by atoms with Crippen molar-refractivity contribution in [1.82, 2.24) is 9.97 Å². The van der Waals surface area contributed by atoms with Gasteiger partial charge in [-0.2, -0.15) is 0 Å². The van der Waals surface area contributed by atoms with Crippen molar-refractivity contribution in [2.45, 2.75) is 13.3 Å². The van der Waals surface area contributed by atoms with Crippen LogP contribution in [-0.4, -0.2) is 28.2 Å². The molecule has 19 heavy (non-hydrogen) atoms. The van der Waals surface area contributed by atoms with E-state index in [4.69, 9.17) is 9.84 Å². The zero-order valence-corrected chi connectivity index (χ0v) is 10.8. The summed E-state index contributed by atoms with van der Waals surface area (Å²) >= 11 is 0. The Morgan fingerprint density at radius 1 is 1.37 bits per heavy atom. The lowest BCUT2D eigenvalue weighted by Gasteiger charge is -2.08. The van der Waals surface area contributed by atoms with Gasteiger partial charge in [0, 0.05) is 18.2 Å². The minimum absolute atomic E-state index is 0.00313. The van der Waals surface area contributed by atoms with Crippen molar-refractivity contribution in [2.24, 2.45) is 0 Å². The van der Waals surface area contributed by atoms with Gasteiger partial charge in [0.2, 0.25) is 0 Å². The average molecular weight is 258 g/mol. The van der Waals surface area contributed by atoms with E-state index in [0.717, 1.165) is 16.9 Å². The van der Waals surface area contributed by atoms with Gasteiger partial charge in [0.25, 0.3) is 0 Å². The number of aromatic nitrogens is 2. The number of hydrogen-bond donors (Lipinski definition) is 1. The summed E-state index contributed by atoms with van der Waals surface area (Å²) in [6.07, 6.45) is 1.89. The number of hydrogen-bond acceptors (Lipinski definition) is 4. The first-order valence-corrected chi connectivity index (χ1v) is 5.79. The second kappa shape index (κ2) is 5.48. The molecule has 98 valence electrons. The molecule has 0 bridgehead atoms. The van der Waals surface area contributed by atoms with Gasteiger partial charge >= 0.3 is 5.97 Å². The van der Waals surface area contributed by atoms with Crippen LogP contribution in [0, 0.1) is 6.92 Å². The van der Waals surface area contributed by atoms with Crippen LogP contribution >= 0.6 is 0 Å². The summed E-state index contributed by atoms with van der Waals surface area (Å²) in [5, 5.41) is 8.91. The maximum atomic E-state index is 10.9. The molecule has 0 spiro atoms. The van der Waals surface area contributed by atoms with Crippen LogP contribution in [0.4, 0.5) is 0 Å². The van der Waals surface area contributed by atoms with Crippen molar-refractivity contribution in [1.29, 1.82) is 0 Å². The summed E-state index contributed by atoms with van der Waals surface area (Å²) in [6, 6.07) is 7.19. The van der Waals surface area contributed by atoms with Crippen LogP contribution in [0.25, 0.3) is 0 Å². The number of carboxylic acids is 1. The number of carbonyl (C=O) groups is 1. The summed E-state index contributed by atoms with van der Waals surface area (Å²) < 4.78 is 5.28. The monoisotopic (exact) mass is 258 g/mol. The van der Waals surface area contributed by atoms with Crippen molar-refractivity contribution in [3.63, 3.8) is 0 Å². The second-order valence-corrected chi connectivity index (χ2v) is 4.16. The molecule has 5 heteroatoms. The standard InChI is InChI=1S/C14H14N2O3/c1-9-3-4-12(19-2)10(7-9)8-13-15-6-5-11(16-13)14(17)18/h3-7H,8H2,1-2H3,(H,17,18). The van der Waals surface area contributed by atoms with Crippen LogP contribution in [0.15, 0.2) is 30.5 Å². The minimum Gasteiger partial charge on any atom is -0.496 e. The first-order valence-electron chi connectivity index (χ1n) is 5.79. The number of nitrogens with zero attached hydrogens (tertiary/aromatic N) is 2. The molecule has 0 saturated carbocycles. The highest BCUT2D eigenvalue weighted by Crippen LogP contribution is 2.21. The number of rotatable bonds is 4. The topological polar surface area (TPSA) is 72.3 Å². The lowest BCUT2D eigenvalue weighted by molar-refractivity contribution is 0.0690. The Morgan fingerprint density at radius 3 is 2.84 bits per heavy atom. The number of aryl methyl sites for hydroxylation is 1. The molecule has 2 rings (SSSR count). The van der Waals surface area contributed by atoms with Gasteiger partial charge in [0.15, 0.2) is 5.69 Å². The molecular weight excluding hydrogens is 244 g/mol. The predicted molar refractivity (Wildman–Crippen MR) is 69.5 cm³/mol. The highest BCUT2D eigenvalue weighted by Gasteiger charge is 2.09. The molecule has 0 aliphatic carbocycles. The van der Waals surface area contributed by atoms with Crippen molar-refractivity contribution in [3.8, 4) is 5.75 Å². The molecule has 0 radical (unpaired) electrons. The van der Waals surface area contributed by atoms with Gasteiger partial charge in [-0.15, -0.1) is 0 Å². The predicted octanol–water partition coefficient (Wildman–Crippen LogP) is 2.08. The molecule has 0 unspecified atom stereocenters. The number of aromatic carboxylic acids is 1. The van der Waals surface area contributed by atoms with Crippen molar-refractivity contribution in [2.75, 3.05) is 7.11 Å². The number of methoxy groups -OCH3 is 1. The Bertz CT molecular complexity index is 611. The fourth-order valence-corrected chi connectivity index (χ4v) is 1.82. The summed E-state index contributed by atoms with van der Waals surface area (Å²) in [4.78, 5) is 19.0. The smallest absolute Gasteiger partial charge is 0.354 e. The van der Waals surface area contributed by atoms with Gasteiger partial charge in [0.05, 0.1) is 7.11 Å². The summed E-state index contributed by atoms with van der Waals surface area (Å²) in [5.41, 5.74) is 2.03. The van der Waals surface area contributed by atoms with E-state index in [2.05, 4.69) is 9.97 Å². The Morgan fingerprint density at radius 2 is 2.16 bits per heavy atom. The van der Waals surface area contributed by atoms with E-state index in [-0.39, 0.29) is 5.69 Å². The zero-order valence-electron chi connectivity index (χ0n) is 10.8. The molecule has 0 saturated heterocycles. The Balaban J connectivity index is 2.33. The molecule has 1 heterocycles. The van der Waals surface area contributed by atoms with Crippen LogP contribution in [0.3, 0.4) is 0 Å². The third-order valence-electron chi connectivity index (χ3n) is 2.71. The van der Waals surface area contributed by atoms with E-state index in [1.165, 1.54) is 12.3 Å². The molecule has 1 aromatic carbocycles. The third kappa shape index (κ3) is 3.07. The number of benzene rings is 1. The van der Waals surface area contributed by atoms with E-state index in [1.54, 1.807) is 7.11 Å². The Labute approximate surface area is 110 Å². The van der Waals surface area contributed by atoms with Gasteiger partial charge in [-0.05, 0) is 19.1 Å². The lowest BCUT2D eigenvalue weighted by Crippen LogP contribution is -2.05. The van der Waals surface area contributed by atoms with E-state index < -0.39 is 5.97 Å². The maximum absolute atomic E-state index is 10.9. The fourth-order valence-electron chi connectivity index (χ4n) is 1.82. The van der Waals surface area contributed by atoms with Crippen molar-refractivity contribution >= 4 is 5.97 Å². The molecule has 0 atom stereocenters.